The van der Waals surface area contributed by atoms with Crippen molar-refractivity contribution in [3.05, 3.63) is 65.7 Å². The summed E-state index contributed by atoms with van der Waals surface area (Å²) in [6.45, 7) is -0.585. The first-order chi connectivity index (χ1) is 12.0. The minimum absolute atomic E-state index is 0.0185. The molecule has 2 aromatic rings. The van der Waals surface area contributed by atoms with Crippen LogP contribution in [0.4, 0.5) is 14.5 Å². The van der Waals surface area contributed by atoms with Gasteiger partial charge in [0.05, 0.1) is 12.1 Å². The summed E-state index contributed by atoms with van der Waals surface area (Å²) in [7, 11) is 0. The number of nitrogens with one attached hydrogen (secondary N) is 1. The summed E-state index contributed by atoms with van der Waals surface area (Å²) in [6.07, 6.45) is -0.345. The molecule has 0 aromatic heterocycles. The van der Waals surface area contributed by atoms with Crippen LogP contribution in [0.2, 0.25) is 0 Å². The van der Waals surface area contributed by atoms with Crippen LogP contribution in [0.15, 0.2) is 48.5 Å². The second-order valence-corrected chi connectivity index (χ2v) is 5.12. The number of Topliss-reactive ketones (excluding diaryl/α,β-unsaturated/α-hetero) is 1. The molecule has 7 heteroatoms. The lowest BCUT2D eigenvalue weighted by molar-refractivity contribution is -0.147. The molecular weight excluding hydrogens is 332 g/mol. The number of halogens is 2. The van der Waals surface area contributed by atoms with E-state index in [0.29, 0.717) is 0 Å². The highest BCUT2D eigenvalue weighted by Gasteiger charge is 2.13. The first-order valence-electron chi connectivity index (χ1n) is 7.44. The van der Waals surface area contributed by atoms with E-state index in [1.54, 1.807) is 6.07 Å². The molecule has 2 aromatic carbocycles. The zero-order valence-electron chi connectivity index (χ0n) is 13.1. The van der Waals surface area contributed by atoms with E-state index in [1.165, 1.54) is 30.3 Å². The summed E-state index contributed by atoms with van der Waals surface area (Å²) in [6, 6.07) is 10.5. The fourth-order valence-corrected chi connectivity index (χ4v) is 1.96. The van der Waals surface area contributed by atoms with Gasteiger partial charge in [-0.3, -0.25) is 14.4 Å². The number of hydrogen-bond donors (Lipinski definition) is 1. The van der Waals surface area contributed by atoms with Crippen LogP contribution >= 0.6 is 0 Å². The summed E-state index contributed by atoms with van der Waals surface area (Å²) >= 11 is 0. The molecular formula is C18H15F2NO4. The predicted octanol–water partition coefficient (Wildman–Crippen LogP) is 3.11. The number of ketones is 1. The summed E-state index contributed by atoms with van der Waals surface area (Å²) in [4.78, 5) is 35.0. The number of hydrogen-bond acceptors (Lipinski definition) is 4. The molecule has 0 saturated carbocycles. The fraction of sp³-hybridized carbons (Fsp3) is 0.167. The molecule has 0 saturated heterocycles. The Labute approximate surface area is 142 Å². The maximum Gasteiger partial charge on any atom is 0.306 e. The van der Waals surface area contributed by atoms with Gasteiger partial charge in [-0.05, 0) is 36.4 Å². The third-order valence-corrected chi connectivity index (χ3v) is 3.23. The van der Waals surface area contributed by atoms with Crippen LogP contribution in [0.25, 0.3) is 0 Å². The van der Waals surface area contributed by atoms with Crippen molar-refractivity contribution >= 4 is 23.3 Å². The van der Waals surface area contributed by atoms with Crippen molar-refractivity contribution < 1.29 is 27.9 Å². The van der Waals surface area contributed by atoms with Crippen LogP contribution in [0.3, 0.4) is 0 Å². The molecule has 0 aliphatic carbocycles. The second kappa shape index (κ2) is 8.68. The van der Waals surface area contributed by atoms with E-state index in [4.69, 9.17) is 4.74 Å². The Morgan fingerprint density at radius 2 is 1.60 bits per heavy atom. The highest BCUT2D eigenvalue weighted by molar-refractivity contribution is 5.98. The normalized spacial score (nSPS) is 10.2. The predicted molar refractivity (Wildman–Crippen MR) is 86.0 cm³/mol. The van der Waals surface area contributed by atoms with Crippen molar-refractivity contribution in [2.24, 2.45) is 0 Å². The topological polar surface area (TPSA) is 72.5 Å². The number of ether oxygens (including phenoxy) is 1. The molecule has 0 heterocycles. The first kappa shape index (κ1) is 18.3. The maximum atomic E-state index is 13.4. The third kappa shape index (κ3) is 5.80. The minimum atomic E-state index is -0.737. The van der Waals surface area contributed by atoms with Crippen molar-refractivity contribution in [1.29, 1.82) is 0 Å². The average molecular weight is 347 g/mol. The van der Waals surface area contributed by atoms with Gasteiger partial charge in [0, 0.05) is 12.0 Å². The number of carbonyl (C=O) groups excluding carboxylic acids is 3. The van der Waals surface area contributed by atoms with Crippen LogP contribution in [0.5, 0.6) is 0 Å². The van der Waals surface area contributed by atoms with E-state index in [2.05, 4.69) is 5.32 Å². The second-order valence-electron chi connectivity index (χ2n) is 5.12. The molecule has 0 spiro atoms. The SMILES string of the molecule is O=C(COC(=O)CCC(=O)c1ccc(F)cc1)Nc1ccccc1F. The molecule has 0 unspecified atom stereocenters. The van der Waals surface area contributed by atoms with Crippen molar-refractivity contribution in [2.45, 2.75) is 12.8 Å². The fourth-order valence-electron chi connectivity index (χ4n) is 1.96. The van der Waals surface area contributed by atoms with E-state index in [1.807, 2.05) is 0 Å². The number of benzene rings is 2. The van der Waals surface area contributed by atoms with Gasteiger partial charge < -0.3 is 10.1 Å². The number of rotatable bonds is 7. The smallest absolute Gasteiger partial charge is 0.306 e. The zero-order chi connectivity index (χ0) is 18.2. The Morgan fingerprint density at radius 3 is 2.28 bits per heavy atom. The van der Waals surface area contributed by atoms with E-state index in [9.17, 15) is 23.2 Å². The van der Waals surface area contributed by atoms with E-state index < -0.39 is 30.1 Å². The molecule has 1 amide bonds. The van der Waals surface area contributed by atoms with Gasteiger partial charge in [-0.15, -0.1) is 0 Å². The Kier molecular flexibility index (Phi) is 6.33. The zero-order valence-corrected chi connectivity index (χ0v) is 13.1. The number of esters is 1. The van der Waals surface area contributed by atoms with E-state index in [-0.39, 0.29) is 29.9 Å². The molecule has 1 N–H and O–H groups in total. The minimum Gasteiger partial charge on any atom is -0.456 e. The standard InChI is InChI=1S/C18H15F2NO4/c19-13-7-5-12(6-8-13)16(22)9-10-18(24)25-11-17(23)21-15-4-2-1-3-14(15)20/h1-8H,9-11H2,(H,21,23). The molecule has 25 heavy (non-hydrogen) atoms. The van der Waals surface area contributed by atoms with Gasteiger partial charge in [-0.25, -0.2) is 8.78 Å². The van der Waals surface area contributed by atoms with Crippen LogP contribution in [-0.2, 0) is 14.3 Å². The number of amides is 1. The quantitative estimate of drug-likeness (QED) is 0.617. The van der Waals surface area contributed by atoms with Gasteiger partial charge >= 0.3 is 5.97 Å². The van der Waals surface area contributed by atoms with Crippen LogP contribution in [0, 0.1) is 11.6 Å². The monoisotopic (exact) mass is 347 g/mol. The van der Waals surface area contributed by atoms with Gasteiger partial charge in [-0.2, -0.15) is 0 Å². The van der Waals surface area contributed by atoms with Crippen molar-refractivity contribution in [2.75, 3.05) is 11.9 Å². The van der Waals surface area contributed by atoms with Crippen LogP contribution < -0.4 is 5.32 Å². The molecule has 0 aliphatic heterocycles. The van der Waals surface area contributed by atoms with Crippen LogP contribution in [-0.4, -0.2) is 24.3 Å². The number of carbonyl (C=O) groups is 3. The maximum absolute atomic E-state index is 13.4. The largest absolute Gasteiger partial charge is 0.456 e. The lowest BCUT2D eigenvalue weighted by atomic mass is 10.1. The molecule has 0 bridgehead atoms. The van der Waals surface area contributed by atoms with E-state index >= 15 is 0 Å². The number of anilines is 1. The van der Waals surface area contributed by atoms with Gasteiger partial charge in [0.15, 0.2) is 12.4 Å². The Bertz CT molecular complexity index is 775. The molecule has 0 radical (unpaired) electrons. The van der Waals surface area contributed by atoms with Gasteiger partial charge in [0.25, 0.3) is 5.91 Å². The summed E-state index contributed by atoms with van der Waals surface area (Å²) < 4.78 is 30.9. The summed E-state index contributed by atoms with van der Waals surface area (Å²) in [5.41, 5.74) is 0.265. The highest BCUT2D eigenvalue weighted by atomic mass is 19.1. The lowest BCUT2D eigenvalue weighted by Gasteiger charge is -2.07. The number of para-hydroxylation sites is 1. The summed E-state index contributed by atoms with van der Waals surface area (Å²) in [5.74, 6) is -2.83. The molecule has 5 nitrogen and oxygen atoms in total. The van der Waals surface area contributed by atoms with Gasteiger partial charge in [-0.1, -0.05) is 12.1 Å². The molecule has 2 rings (SSSR count). The average Bonchev–Trinajstić information content (AvgIpc) is 2.60. The Hall–Kier alpha value is -3.09. The molecule has 0 atom stereocenters. The third-order valence-electron chi connectivity index (χ3n) is 3.23. The first-order valence-corrected chi connectivity index (χ1v) is 7.44. The van der Waals surface area contributed by atoms with Crippen LogP contribution in [0.1, 0.15) is 23.2 Å². The Morgan fingerprint density at radius 1 is 0.920 bits per heavy atom. The Balaban J connectivity index is 1.73. The molecule has 130 valence electrons. The van der Waals surface area contributed by atoms with Gasteiger partial charge in [0.1, 0.15) is 11.6 Å². The van der Waals surface area contributed by atoms with E-state index in [0.717, 1.165) is 12.1 Å². The van der Waals surface area contributed by atoms with Gasteiger partial charge in [0.2, 0.25) is 0 Å². The summed E-state index contributed by atoms with van der Waals surface area (Å²) in [5, 5.41) is 2.27. The van der Waals surface area contributed by atoms with Crippen molar-refractivity contribution in [3.63, 3.8) is 0 Å². The lowest BCUT2D eigenvalue weighted by Crippen LogP contribution is -2.21. The van der Waals surface area contributed by atoms with Crippen molar-refractivity contribution in [3.8, 4) is 0 Å². The highest BCUT2D eigenvalue weighted by Crippen LogP contribution is 2.12. The molecule has 0 aliphatic rings. The molecule has 0 fully saturated rings. The van der Waals surface area contributed by atoms with Crippen molar-refractivity contribution in [1.82, 2.24) is 0 Å².